The standard InChI is InChI=1S/C19H18FN3O6S/c1-27-13-5-8-16(28-2)15(11-13)18-22-23-19(29-18)21-17(24)9-10-30(25,26)14-6-3-12(20)4-7-14/h3-8,11H,9-10H2,1-2H3,(H,21,23,24). The first-order valence-corrected chi connectivity index (χ1v) is 10.3. The van der Waals surface area contributed by atoms with Gasteiger partial charge in [-0.15, -0.1) is 5.10 Å². The third kappa shape index (κ3) is 4.92. The molecule has 9 nitrogen and oxygen atoms in total. The molecule has 2 aromatic carbocycles. The van der Waals surface area contributed by atoms with E-state index in [0.717, 1.165) is 24.3 Å². The molecule has 3 aromatic rings. The molecule has 0 aliphatic carbocycles. The summed E-state index contributed by atoms with van der Waals surface area (Å²) >= 11 is 0. The van der Waals surface area contributed by atoms with Crippen LogP contribution in [0.3, 0.4) is 0 Å². The van der Waals surface area contributed by atoms with E-state index >= 15 is 0 Å². The molecule has 1 aromatic heterocycles. The highest BCUT2D eigenvalue weighted by molar-refractivity contribution is 7.91. The summed E-state index contributed by atoms with van der Waals surface area (Å²) in [5, 5.41) is 9.96. The second-order valence-electron chi connectivity index (χ2n) is 6.05. The topological polar surface area (TPSA) is 121 Å². The minimum Gasteiger partial charge on any atom is -0.497 e. The van der Waals surface area contributed by atoms with E-state index in [0.29, 0.717) is 17.1 Å². The third-order valence-electron chi connectivity index (χ3n) is 4.08. The molecule has 0 fully saturated rings. The number of amides is 1. The number of aromatic nitrogens is 2. The van der Waals surface area contributed by atoms with Crippen molar-refractivity contribution in [2.24, 2.45) is 0 Å². The van der Waals surface area contributed by atoms with Crippen LogP contribution in [0.5, 0.6) is 11.5 Å². The molecule has 0 aliphatic heterocycles. The van der Waals surface area contributed by atoms with Gasteiger partial charge in [0.05, 0.1) is 30.4 Å². The van der Waals surface area contributed by atoms with Crippen LogP contribution < -0.4 is 14.8 Å². The van der Waals surface area contributed by atoms with E-state index in [-0.39, 0.29) is 23.2 Å². The van der Waals surface area contributed by atoms with E-state index in [4.69, 9.17) is 13.9 Å². The highest BCUT2D eigenvalue weighted by Crippen LogP contribution is 2.33. The highest BCUT2D eigenvalue weighted by atomic mass is 32.2. The molecule has 0 saturated heterocycles. The summed E-state index contributed by atoms with van der Waals surface area (Å²) < 4.78 is 53.3. The number of nitrogens with zero attached hydrogens (tertiary/aromatic N) is 2. The Hall–Kier alpha value is -3.47. The fourth-order valence-electron chi connectivity index (χ4n) is 2.53. The summed E-state index contributed by atoms with van der Waals surface area (Å²) in [5.41, 5.74) is 0.462. The summed E-state index contributed by atoms with van der Waals surface area (Å²) in [7, 11) is -0.760. The Labute approximate surface area is 171 Å². The monoisotopic (exact) mass is 435 g/mol. The minimum atomic E-state index is -3.74. The normalized spacial score (nSPS) is 11.2. The zero-order chi connectivity index (χ0) is 21.7. The van der Waals surface area contributed by atoms with Gasteiger partial charge in [-0.25, -0.2) is 12.8 Å². The predicted molar refractivity (Wildman–Crippen MR) is 105 cm³/mol. The number of sulfone groups is 1. The summed E-state index contributed by atoms with van der Waals surface area (Å²) in [6.45, 7) is 0. The zero-order valence-electron chi connectivity index (χ0n) is 16.1. The highest BCUT2D eigenvalue weighted by Gasteiger charge is 2.19. The Morgan fingerprint density at radius 1 is 1.10 bits per heavy atom. The van der Waals surface area contributed by atoms with E-state index in [1.807, 2.05) is 0 Å². The number of rotatable bonds is 8. The fourth-order valence-corrected chi connectivity index (χ4v) is 3.77. The van der Waals surface area contributed by atoms with Crippen molar-refractivity contribution in [2.45, 2.75) is 11.3 Å². The Kier molecular flexibility index (Phi) is 6.31. The number of hydrogen-bond donors (Lipinski definition) is 1. The molecule has 0 radical (unpaired) electrons. The molecule has 1 N–H and O–H groups in total. The van der Waals surface area contributed by atoms with Crippen molar-refractivity contribution < 1.29 is 31.5 Å². The Morgan fingerprint density at radius 2 is 1.83 bits per heavy atom. The van der Waals surface area contributed by atoms with Gasteiger partial charge in [0.1, 0.15) is 17.3 Å². The molecular weight excluding hydrogens is 417 g/mol. The number of ether oxygens (including phenoxy) is 2. The number of anilines is 1. The number of nitrogens with one attached hydrogen (secondary N) is 1. The maximum absolute atomic E-state index is 12.9. The summed E-state index contributed by atoms with van der Waals surface area (Å²) in [6, 6.07) is 9.18. The molecule has 0 unspecified atom stereocenters. The van der Waals surface area contributed by atoms with Crippen molar-refractivity contribution in [3.63, 3.8) is 0 Å². The van der Waals surface area contributed by atoms with Crippen molar-refractivity contribution in [1.29, 1.82) is 0 Å². The van der Waals surface area contributed by atoms with Crippen molar-refractivity contribution in [2.75, 3.05) is 25.3 Å². The van der Waals surface area contributed by atoms with Crippen LogP contribution in [0.1, 0.15) is 6.42 Å². The molecule has 0 saturated carbocycles. The molecular formula is C19H18FN3O6S. The van der Waals surface area contributed by atoms with E-state index in [2.05, 4.69) is 15.5 Å². The first kappa shape index (κ1) is 21.2. The van der Waals surface area contributed by atoms with E-state index < -0.39 is 27.3 Å². The van der Waals surface area contributed by atoms with Gasteiger partial charge in [0.15, 0.2) is 9.84 Å². The van der Waals surface area contributed by atoms with Gasteiger partial charge in [-0.05, 0) is 42.5 Å². The second kappa shape index (κ2) is 8.91. The van der Waals surface area contributed by atoms with Gasteiger partial charge in [-0.2, -0.15) is 0 Å². The van der Waals surface area contributed by atoms with Crippen molar-refractivity contribution in [1.82, 2.24) is 10.2 Å². The molecule has 0 atom stereocenters. The fraction of sp³-hybridized carbons (Fsp3) is 0.211. The van der Waals surface area contributed by atoms with Gasteiger partial charge in [0.25, 0.3) is 5.89 Å². The molecule has 158 valence electrons. The average Bonchev–Trinajstić information content (AvgIpc) is 3.20. The lowest BCUT2D eigenvalue weighted by Crippen LogP contribution is -2.17. The lowest BCUT2D eigenvalue weighted by molar-refractivity contribution is -0.115. The molecule has 1 heterocycles. The van der Waals surface area contributed by atoms with Crippen LogP contribution in [0.2, 0.25) is 0 Å². The van der Waals surface area contributed by atoms with Crippen LogP contribution >= 0.6 is 0 Å². The second-order valence-corrected chi connectivity index (χ2v) is 8.16. The van der Waals surface area contributed by atoms with Crippen LogP contribution in [0.4, 0.5) is 10.4 Å². The Balaban J connectivity index is 1.66. The van der Waals surface area contributed by atoms with Gasteiger partial charge < -0.3 is 13.9 Å². The van der Waals surface area contributed by atoms with Crippen LogP contribution in [-0.4, -0.2) is 44.5 Å². The van der Waals surface area contributed by atoms with Crippen LogP contribution in [0.25, 0.3) is 11.5 Å². The quantitative estimate of drug-likeness (QED) is 0.536. The molecule has 0 aliphatic rings. The van der Waals surface area contributed by atoms with Crippen molar-refractivity contribution in [3.8, 4) is 23.0 Å². The van der Waals surface area contributed by atoms with Gasteiger partial charge in [0.2, 0.25) is 5.91 Å². The first-order chi connectivity index (χ1) is 14.3. The number of carbonyl (C=O) groups is 1. The maximum atomic E-state index is 12.9. The van der Waals surface area contributed by atoms with E-state index in [1.165, 1.54) is 14.2 Å². The van der Waals surface area contributed by atoms with Crippen molar-refractivity contribution >= 4 is 21.8 Å². The third-order valence-corrected chi connectivity index (χ3v) is 5.81. The molecule has 1 amide bonds. The minimum absolute atomic E-state index is 0.0677. The van der Waals surface area contributed by atoms with Gasteiger partial charge in [0, 0.05) is 6.42 Å². The van der Waals surface area contributed by atoms with E-state index in [9.17, 15) is 17.6 Å². The lowest BCUT2D eigenvalue weighted by atomic mass is 10.2. The number of hydrogen-bond acceptors (Lipinski definition) is 8. The Bertz CT molecular complexity index is 1150. The SMILES string of the molecule is COc1ccc(OC)c(-c2nnc(NC(=O)CCS(=O)(=O)c3ccc(F)cc3)o2)c1. The molecule has 11 heteroatoms. The average molecular weight is 435 g/mol. The molecule has 3 rings (SSSR count). The lowest BCUT2D eigenvalue weighted by Gasteiger charge is -2.07. The number of halogens is 1. The summed E-state index contributed by atoms with van der Waals surface area (Å²) in [5.74, 6) is -0.557. The molecule has 30 heavy (non-hydrogen) atoms. The van der Waals surface area contributed by atoms with Crippen LogP contribution in [0, 0.1) is 5.82 Å². The van der Waals surface area contributed by atoms with Gasteiger partial charge >= 0.3 is 6.01 Å². The maximum Gasteiger partial charge on any atom is 0.322 e. The zero-order valence-corrected chi connectivity index (χ0v) is 16.9. The smallest absolute Gasteiger partial charge is 0.322 e. The van der Waals surface area contributed by atoms with Crippen LogP contribution in [0.15, 0.2) is 51.8 Å². The largest absolute Gasteiger partial charge is 0.497 e. The number of benzene rings is 2. The number of carbonyl (C=O) groups excluding carboxylic acids is 1. The van der Waals surface area contributed by atoms with Gasteiger partial charge in [-0.1, -0.05) is 5.10 Å². The van der Waals surface area contributed by atoms with Crippen molar-refractivity contribution in [3.05, 3.63) is 48.3 Å². The summed E-state index contributed by atoms with van der Waals surface area (Å²) in [6.07, 6.45) is -0.347. The Morgan fingerprint density at radius 3 is 2.50 bits per heavy atom. The molecule has 0 bridgehead atoms. The molecule has 0 spiro atoms. The summed E-state index contributed by atoms with van der Waals surface area (Å²) in [4.78, 5) is 12.0. The first-order valence-electron chi connectivity index (χ1n) is 8.66. The predicted octanol–water partition coefficient (Wildman–Crippen LogP) is 2.70. The van der Waals surface area contributed by atoms with Gasteiger partial charge in [-0.3, -0.25) is 10.1 Å². The number of methoxy groups -OCH3 is 2. The van der Waals surface area contributed by atoms with Crippen LogP contribution in [-0.2, 0) is 14.6 Å². The van der Waals surface area contributed by atoms with E-state index in [1.54, 1.807) is 18.2 Å².